The summed E-state index contributed by atoms with van der Waals surface area (Å²) in [6.45, 7) is 4.50. The van der Waals surface area contributed by atoms with Crippen LogP contribution >= 0.6 is 0 Å². The fraction of sp³-hybridized carbons (Fsp3) is 0.286. The Hall–Kier alpha value is -2.15. The summed E-state index contributed by atoms with van der Waals surface area (Å²) in [5.74, 6) is 0. The van der Waals surface area contributed by atoms with Crippen LogP contribution in [0.3, 0.4) is 0 Å². The number of hydrogen-bond acceptors (Lipinski definition) is 5. The number of sulfonamides is 1. The highest BCUT2D eigenvalue weighted by Gasteiger charge is 2.20. The summed E-state index contributed by atoms with van der Waals surface area (Å²) in [5, 5.41) is 3.06. The van der Waals surface area contributed by atoms with Gasteiger partial charge < -0.3 is 5.32 Å². The van der Waals surface area contributed by atoms with Gasteiger partial charge in [-0.2, -0.15) is 8.42 Å². The number of rotatable bonds is 6. The molecule has 7 heteroatoms. The summed E-state index contributed by atoms with van der Waals surface area (Å²) in [7, 11) is -3.76. The Kier molecular flexibility index (Phi) is 4.74. The van der Waals surface area contributed by atoms with Crippen molar-refractivity contribution in [3.63, 3.8) is 0 Å². The van der Waals surface area contributed by atoms with Gasteiger partial charge >= 0.3 is 0 Å². The number of anilines is 2. The van der Waals surface area contributed by atoms with Crippen LogP contribution < -0.4 is 10.0 Å². The molecule has 2 aromatic heterocycles. The zero-order chi connectivity index (χ0) is 15.3. The molecule has 2 rings (SSSR count). The normalized spacial score (nSPS) is 11.1. The van der Waals surface area contributed by atoms with Crippen LogP contribution in [0.5, 0.6) is 0 Å². The third-order valence-electron chi connectivity index (χ3n) is 2.87. The van der Waals surface area contributed by atoms with E-state index in [0.29, 0.717) is 17.9 Å². The van der Waals surface area contributed by atoms with Crippen molar-refractivity contribution in [2.24, 2.45) is 0 Å². The maximum absolute atomic E-state index is 12.5. The van der Waals surface area contributed by atoms with Crippen LogP contribution in [0, 0.1) is 6.92 Å². The minimum atomic E-state index is -3.76. The maximum Gasteiger partial charge on any atom is 0.281 e. The summed E-state index contributed by atoms with van der Waals surface area (Å²) in [5.41, 5.74) is 1.74. The molecule has 6 nitrogen and oxygen atoms in total. The monoisotopic (exact) mass is 306 g/mol. The number of pyridine rings is 2. The van der Waals surface area contributed by atoms with Gasteiger partial charge in [0.15, 0.2) is 5.03 Å². The minimum absolute atomic E-state index is 0.0123. The molecule has 0 aliphatic rings. The molecule has 0 unspecified atom stereocenters. The molecule has 112 valence electrons. The average Bonchev–Trinajstić information content (AvgIpc) is 2.47. The van der Waals surface area contributed by atoms with E-state index in [1.807, 2.05) is 13.8 Å². The number of aryl methyl sites for hydroxylation is 1. The number of aromatic nitrogens is 2. The molecule has 2 heterocycles. The molecule has 0 spiro atoms. The van der Waals surface area contributed by atoms with E-state index < -0.39 is 10.0 Å². The Bertz CT molecular complexity index is 716. The second kappa shape index (κ2) is 6.53. The highest BCUT2D eigenvalue weighted by atomic mass is 32.2. The SMILES string of the molecule is CCCNc1cccnc1S(=O)(=O)Nc1cnccc1C. The first-order valence-electron chi connectivity index (χ1n) is 6.67. The molecule has 0 radical (unpaired) electrons. The fourth-order valence-electron chi connectivity index (χ4n) is 1.76. The highest BCUT2D eigenvalue weighted by Crippen LogP contribution is 2.22. The lowest BCUT2D eigenvalue weighted by atomic mass is 10.3. The van der Waals surface area contributed by atoms with Crippen LogP contribution in [0.1, 0.15) is 18.9 Å². The Morgan fingerprint density at radius 2 is 2.00 bits per heavy atom. The standard InChI is InChI=1S/C14H18N4O2S/c1-3-7-16-12-5-4-8-17-14(12)21(19,20)18-13-10-15-9-6-11(13)2/h4-6,8-10,16,18H,3,7H2,1-2H3. The predicted octanol–water partition coefficient (Wildman–Crippen LogP) is 2.41. The lowest BCUT2D eigenvalue weighted by molar-refractivity contribution is 0.598. The molecular weight excluding hydrogens is 288 g/mol. The summed E-state index contributed by atoms with van der Waals surface area (Å²) in [6.07, 6.45) is 5.45. The molecule has 0 amide bonds. The molecule has 0 aliphatic heterocycles. The minimum Gasteiger partial charge on any atom is -0.383 e. The van der Waals surface area contributed by atoms with E-state index in [1.165, 1.54) is 12.4 Å². The second-order valence-corrected chi connectivity index (χ2v) is 6.18. The third kappa shape index (κ3) is 3.69. The highest BCUT2D eigenvalue weighted by molar-refractivity contribution is 7.92. The van der Waals surface area contributed by atoms with Crippen LogP contribution in [-0.2, 0) is 10.0 Å². The first-order valence-corrected chi connectivity index (χ1v) is 8.15. The van der Waals surface area contributed by atoms with Crippen molar-refractivity contribution >= 4 is 21.4 Å². The number of nitrogens with zero attached hydrogens (tertiary/aromatic N) is 2. The van der Waals surface area contributed by atoms with Crippen molar-refractivity contribution < 1.29 is 8.42 Å². The first-order chi connectivity index (χ1) is 10.0. The van der Waals surface area contributed by atoms with E-state index in [9.17, 15) is 8.42 Å². The van der Waals surface area contributed by atoms with Gasteiger partial charge in [0.25, 0.3) is 10.0 Å². The van der Waals surface area contributed by atoms with E-state index in [0.717, 1.165) is 12.0 Å². The molecule has 21 heavy (non-hydrogen) atoms. The van der Waals surface area contributed by atoms with Gasteiger partial charge in [-0.3, -0.25) is 9.71 Å². The number of hydrogen-bond donors (Lipinski definition) is 2. The van der Waals surface area contributed by atoms with Gasteiger partial charge in [0, 0.05) is 18.9 Å². The molecule has 0 atom stereocenters. The predicted molar refractivity (Wildman–Crippen MR) is 82.8 cm³/mol. The van der Waals surface area contributed by atoms with E-state index in [1.54, 1.807) is 24.4 Å². The van der Waals surface area contributed by atoms with Crippen molar-refractivity contribution in [3.8, 4) is 0 Å². The summed E-state index contributed by atoms with van der Waals surface area (Å²) in [6, 6.07) is 5.15. The van der Waals surface area contributed by atoms with Crippen molar-refractivity contribution in [2.75, 3.05) is 16.6 Å². The van der Waals surface area contributed by atoms with Gasteiger partial charge in [0.05, 0.1) is 17.6 Å². The topological polar surface area (TPSA) is 84.0 Å². The van der Waals surface area contributed by atoms with Crippen molar-refractivity contribution in [1.29, 1.82) is 0 Å². The Labute approximate surface area is 124 Å². The average molecular weight is 306 g/mol. The summed E-state index contributed by atoms with van der Waals surface area (Å²) >= 11 is 0. The lowest BCUT2D eigenvalue weighted by Gasteiger charge is -2.13. The van der Waals surface area contributed by atoms with Gasteiger partial charge in [0.2, 0.25) is 0 Å². The Morgan fingerprint density at radius 1 is 1.19 bits per heavy atom. The van der Waals surface area contributed by atoms with Crippen LogP contribution in [0.2, 0.25) is 0 Å². The molecule has 0 saturated heterocycles. The summed E-state index contributed by atoms with van der Waals surface area (Å²) < 4.78 is 27.5. The van der Waals surface area contributed by atoms with E-state index in [4.69, 9.17) is 0 Å². The smallest absolute Gasteiger partial charge is 0.281 e. The molecule has 0 aliphatic carbocycles. The van der Waals surface area contributed by atoms with Crippen LogP contribution in [0.4, 0.5) is 11.4 Å². The molecular formula is C14H18N4O2S. The van der Waals surface area contributed by atoms with E-state index in [-0.39, 0.29) is 5.03 Å². The van der Waals surface area contributed by atoms with Crippen molar-refractivity contribution in [2.45, 2.75) is 25.3 Å². The van der Waals surface area contributed by atoms with E-state index >= 15 is 0 Å². The van der Waals surface area contributed by atoms with Gasteiger partial charge in [-0.15, -0.1) is 0 Å². The Balaban J connectivity index is 2.34. The molecule has 0 fully saturated rings. The zero-order valence-electron chi connectivity index (χ0n) is 12.0. The van der Waals surface area contributed by atoms with Crippen LogP contribution in [-0.4, -0.2) is 24.9 Å². The molecule has 0 bridgehead atoms. The fourth-order valence-corrected chi connectivity index (χ4v) is 2.99. The zero-order valence-corrected chi connectivity index (χ0v) is 12.8. The molecule has 0 saturated carbocycles. The quantitative estimate of drug-likeness (QED) is 0.856. The maximum atomic E-state index is 12.5. The van der Waals surface area contributed by atoms with Crippen LogP contribution in [0.25, 0.3) is 0 Å². The van der Waals surface area contributed by atoms with E-state index in [2.05, 4.69) is 20.0 Å². The van der Waals surface area contributed by atoms with Crippen LogP contribution in [0.15, 0.2) is 41.8 Å². The van der Waals surface area contributed by atoms with Gasteiger partial charge in [-0.05, 0) is 37.1 Å². The lowest BCUT2D eigenvalue weighted by Crippen LogP contribution is -2.18. The largest absolute Gasteiger partial charge is 0.383 e. The summed E-state index contributed by atoms with van der Waals surface area (Å²) in [4.78, 5) is 7.93. The second-order valence-electron chi connectivity index (χ2n) is 4.58. The van der Waals surface area contributed by atoms with Gasteiger partial charge in [-0.25, -0.2) is 4.98 Å². The molecule has 2 N–H and O–H groups in total. The number of nitrogens with one attached hydrogen (secondary N) is 2. The molecule has 0 aromatic carbocycles. The van der Waals surface area contributed by atoms with Gasteiger partial charge in [-0.1, -0.05) is 6.92 Å². The van der Waals surface area contributed by atoms with Gasteiger partial charge in [0.1, 0.15) is 0 Å². The van der Waals surface area contributed by atoms with Crippen molar-refractivity contribution in [1.82, 2.24) is 9.97 Å². The Morgan fingerprint density at radius 3 is 2.71 bits per heavy atom. The first kappa shape index (κ1) is 15.2. The third-order valence-corrected chi connectivity index (χ3v) is 4.20. The van der Waals surface area contributed by atoms with Crippen molar-refractivity contribution in [3.05, 3.63) is 42.4 Å². The molecule has 2 aromatic rings.